The molecular formula is C22H23NO3. The van der Waals surface area contributed by atoms with Crippen LogP contribution in [0.25, 0.3) is 10.8 Å². The highest BCUT2D eigenvalue weighted by molar-refractivity contribution is 5.85. The van der Waals surface area contributed by atoms with E-state index in [4.69, 9.17) is 9.84 Å². The van der Waals surface area contributed by atoms with Gasteiger partial charge in [-0.05, 0) is 60.9 Å². The molecule has 0 aliphatic rings. The number of rotatable bonds is 7. The summed E-state index contributed by atoms with van der Waals surface area (Å²) < 4.78 is 5.52. The Labute approximate surface area is 153 Å². The number of nitrogens with one attached hydrogen (secondary N) is 1. The van der Waals surface area contributed by atoms with Crippen molar-refractivity contribution in [3.63, 3.8) is 0 Å². The summed E-state index contributed by atoms with van der Waals surface area (Å²) >= 11 is 0. The van der Waals surface area contributed by atoms with E-state index in [0.717, 1.165) is 18.7 Å². The summed E-state index contributed by atoms with van der Waals surface area (Å²) in [7, 11) is 0. The molecule has 26 heavy (non-hydrogen) atoms. The Morgan fingerprint density at radius 3 is 2.38 bits per heavy atom. The van der Waals surface area contributed by atoms with Crippen LogP contribution < -0.4 is 10.1 Å². The van der Waals surface area contributed by atoms with Gasteiger partial charge in [-0.25, -0.2) is 4.79 Å². The summed E-state index contributed by atoms with van der Waals surface area (Å²) in [6.45, 7) is 3.90. The van der Waals surface area contributed by atoms with Crippen molar-refractivity contribution in [1.82, 2.24) is 0 Å². The van der Waals surface area contributed by atoms with E-state index in [1.165, 1.54) is 30.2 Å². The first-order valence-electron chi connectivity index (χ1n) is 8.68. The van der Waals surface area contributed by atoms with E-state index in [1.54, 1.807) is 0 Å². The molecule has 2 N–H and O–H groups in total. The van der Waals surface area contributed by atoms with E-state index in [-0.39, 0.29) is 0 Å². The lowest BCUT2D eigenvalue weighted by Crippen LogP contribution is -2.37. The van der Waals surface area contributed by atoms with Crippen molar-refractivity contribution in [1.29, 1.82) is 0 Å². The first-order valence-corrected chi connectivity index (χ1v) is 8.68. The summed E-state index contributed by atoms with van der Waals surface area (Å²) in [6.07, 6.45) is 0.870. The van der Waals surface area contributed by atoms with Crippen molar-refractivity contribution >= 4 is 22.4 Å². The highest BCUT2D eigenvalue weighted by Crippen LogP contribution is 2.21. The van der Waals surface area contributed by atoms with Gasteiger partial charge in [-0.3, -0.25) is 0 Å². The molecule has 0 unspecified atom stereocenters. The first kappa shape index (κ1) is 17.8. The molecule has 0 aliphatic carbocycles. The normalized spacial score (nSPS) is 11.3. The van der Waals surface area contributed by atoms with Crippen LogP contribution in [-0.2, 0) is 11.2 Å². The minimum atomic E-state index is -1.24. The summed E-state index contributed by atoms with van der Waals surface area (Å²) in [6, 6.07) is 22.2. The van der Waals surface area contributed by atoms with Crippen LogP contribution in [0.3, 0.4) is 0 Å². The number of hydrogen-bond acceptors (Lipinski definition) is 3. The fourth-order valence-electron chi connectivity index (χ4n) is 2.71. The third-order valence-corrected chi connectivity index (χ3v) is 4.30. The molecule has 0 aliphatic heterocycles. The number of fused-ring (bicyclic) bond motifs is 1. The van der Waals surface area contributed by atoms with Gasteiger partial charge in [0, 0.05) is 12.2 Å². The Morgan fingerprint density at radius 2 is 1.69 bits per heavy atom. The molecule has 0 radical (unpaired) electrons. The monoisotopic (exact) mass is 349 g/mol. The van der Waals surface area contributed by atoms with E-state index in [0.29, 0.717) is 5.75 Å². The Kier molecular flexibility index (Phi) is 5.12. The van der Waals surface area contributed by atoms with Crippen LogP contribution in [0.15, 0.2) is 66.7 Å². The van der Waals surface area contributed by atoms with Crippen molar-refractivity contribution in [2.75, 3.05) is 11.9 Å². The van der Waals surface area contributed by atoms with Gasteiger partial charge in [-0.2, -0.15) is 0 Å². The maximum atomic E-state index is 11.1. The maximum Gasteiger partial charge on any atom is 0.347 e. The Balaban J connectivity index is 1.55. The molecule has 0 fully saturated rings. The predicted molar refractivity (Wildman–Crippen MR) is 105 cm³/mol. The Morgan fingerprint density at radius 1 is 1.00 bits per heavy atom. The number of hydrogen-bond donors (Lipinski definition) is 2. The number of benzene rings is 3. The van der Waals surface area contributed by atoms with Gasteiger partial charge >= 0.3 is 5.97 Å². The molecule has 3 rings (SSSR count). The molecule has 0 heterocycles. The van der Waals surface area contributed by atoms with Gasteiger partial charge in [0.15, 0.2) is 5.60 Å². The molecule has 0 saturated heterocycles. The SMILES string of the molecule is CC(C)(Oc1ccc(CCNc2ccc3ccccc3c2)cc1)C(=O)O. The van der Waals surface area contributed by atoms with Crippen molar-refractivity contribution in [3.8, 4) is 5.75 Å². The summed E-state index contributed by atoms with van der Waals surface area (Å²) in [5, 5.41) is 15.0. The summed E-state index contributed by atoms with van der Waals surface area (Å²) in [5.74, 6) is -0.426. The van der Waals surface area contributed by atoms with Crippen LogP contribution in [0.1, 0.15) is 19.4 Å². The molecule has 0 amide bonds. The first-order chi connectivity index (χ1) is 12.4. The quantitative estimate of drug-likeness (QED) is 0.647. The standard InChI is InChI=1S/C22H23NO3/c1-22(2,21(24)25)26-20-11-7-16(8-12-20)13-14-23-19-10-9-17-5-3-4-6-18(17)15-19/h3-12,15,23H,13-14H2,1-2H3,(H,24,25). The molecule has 4 nitrogen and oxygen atoms in total. The van der Waals surface area contributed by atoms with Crippen LogP contribution in [0, 0.1) is 0 Å². The Bertz CT molecular complexity index is 901. The fourth-order valence-corrected chi connectivity index (χ4v) is 2.71. The molecule has 3 aromatic carbocycles. The van der Waals surface area contributed by atoms with E-state index >= 15 is 0 Å². The van der Waals surface area contributed by atoms with Gasteiger partial charge < -0.3 is 15.2 Å². The van der Waals surface area contributed by atoms with Gasteiger partial charge in [-0.15, -0.1) is 0 Å². The second-order valence-electron chi connectivity index (χ2n) is 6.80. The minimum absolute atomic E-state index is 0.559. The van der Waals surface area contributed by atoms with E-state index in [2.05, 4.69) is 35.6 Å². The zero-order chi connectivity index (χ0) is 18.6. The highest BCUT2D eigenvalue weighted by Gasteiger charge is 2.29. The van der Waals surface area contributed by atoms with E-state index < -0.39 is 11.6 Å². The second kappa shape index (κ2) is 7.48. The Hall–Kier alpha value is -3.01. The van der Waals surface area contributed by atoms with Crippen molar-refractivity contribution in [3.05, 3.63) is 72.3 Å². The van der Waals surface area contributed by atoms with Gasteiger partial charge in [-0.1, -0.05) is 42.5 Å². The molecule has 134 valence electrons. The van der Waals surface area contributed by atoms with E-state index in [9.17, 15) is 4.79 Å². The summed E-state index contributed by atoms with van der Waals surface area (Å²) in [4.78, 5) is 11.1. The minimum Gasteiger partial charge on any atom is -0.478 e. The molecule has 4 heteroatoms. The number of anilines is 1. The second-order valence-corrected chi connectivity index (χ2v) is 6.80. The third-order valence-electron chi connectivity index (χ3n) is 4.30. The zero-order valence-corrected chi connectivity index (χ0v) is 15.0. The molecule has 0 atom stereocenters. The van der Waals surface area contributed by atoms with E-state index in [1.807, 2.05) is 36.4 Å². The molecular weight excluding hydrogens is 326 g/mol. The average molecular weight is 349 g/mol. The average Bonchev–Trinajstić information content (AvgIpc) is 2.63. The number of carboxylic acid groups (broad SMARTS) is 1. The van der Waals surface area contributed by atoms with Crippen LogP contribution in [0.4, 0.5) is 5.69 Å². The van der Waals surface area contributed by atoms with Crippen LogP contribution >= 0.6 is 0 Å². The largest absolute Gasteiger partial charge is 0.478 e. The van der Waals surface area contributed by atoms with Crippen LogP contribution in [0.2, 0.25) is 0 Å². The van der Waals surface area contributed by atoms with Gasteiger partial charge in [0.1, 0.15) is 5.75 Å². The third kappa shape index (κ3) is 4.33. The number of carbonyl (C=O) groups is 1. The van der Waals surface area contributed by atoms with Crippen LogP contribution in [-0.4, -0.2) is 23.2 Å². The highest BCUT2D eigenvalue weighted by atomic mass is 16.5. The smallest absolute Gasteiger partial charge is 0.347 e. The maximum absolute atomic E-state index is 11.1. The van der Waals surface area contributed by atoms with Gasteiger partial charge in [0.2, 0.25) is 0 Å². The molecule has 0 spiro atoms. The fraction of sp³-hybridized carbons (Fsp3) is 0.227. The number of aliphatic carboxylic acids is 1. The van der Waals surface area contributed by atoms with Crippen molar-refractivity contribution < 1.29 is 14.6 Å². The number of carboxylic acids is 1. The lowest BCUT2D eigenvalue weighted by molar-refractivity contribution is -0.152. The number of ether oxygens (including phenoxy) is 1. The zero-order valence-electron chi connectivity index (χ0n) is 15.0. The van der Waals surface area contributed by atoms with Crippen molar-refractivity contribution in [2.45, 2.75) is 25.9 Å². The molecule has 0 saturated carbocycles. The lowest BCUT2D eigenvalue weighted by atomic mass is 10.1. The predicted octanol–water partition coefficient (Wildman–Crippen LogP) is 4.74. The van der Waals surface area contributed by atoms with Crippen LogP contribution in [0.5, 0.6) is 5.75 Å². The molecule has 3 aromatic rings. The lowest BCUT2D eigenvalue weighted by Gasteiger charge is -2.21. The topological polar surface area (TPSA) is 58.6 Å². The van der Waals surface area contributed by atoms with Gasteiger partial charge in [0.05, 0.1) is 0 Å². The molecule has 0 bridgehead atoms. The summed E-state index contributed by atoms with van der Waals surface area (Å²) in [5.41, 5.74) is 1.03. The van der Waals surface area contributed by atoms with Gasteiger partial charge in [0.25, 0.3) is 0 Å². The van der Waals surface area contributed by atoms with Crippen molar-refractivity contribution in [2.24, 2.45) is 0 Å². The molecule has 0 aromatic heterocycles.